The molecule has 0 amide bonds. The molecule has 0 aromatic rings. The van der Waals surface area contributed by atoms with Gasteiger partial charge in [-0.1, -0.05) is 25.2 Å². The number of ether oxygens (including phenoxy) is 1. The molecule has 2 heterocycles. The summed E-state index contributed by atoms with van der Waals surface area (Å²) in [6, 6.07) is 1.85. The Morgan fingerprint density at radius 3 is 1.82 bits per heavy atom. The number of hydrogen-bond donors (Lipinski definition) is 0. The molecule has 0 unspecified atom stereocenters. The largest absolute Gasteiger partial charge is 0.375 e. The Balaban J connectivity index is 0.000000134. The topological polar surface area (TPSA) is 33.0 Å². The fraction of sp³-hybridized carbons (Fsp3) is 0.800. The van der Waals surface area contributed by atoms with Crippen molar-refractivity contribution in [1.29, 1.82) is 5.26 Å². The third kappa shape index (κ3) is 4.06. The molecule has 1 aliphatic carbocycles. The first-order valence-electron chi connectivity index (χ1n) is 6.93. The SMILES string of the molecule is C1CC2CCC1O2.N#CC#CC1CCCCC1. The Morgan fingerprint density at radius 1 is 0.824 bits per heavy atom. The van der Waals surface area contributed by atoms with Crippen LogP contribution in [-0.2, 0) is 4.74 Å². The molecule has 3 fully saturated rings. The summed E-state index contributed by atoms with van der Waals surface area (Å²) in [5, 5.41) is 8.17. The molecule has 2 saturated heterocycles. The van der Waals surface area contributed by atoms with Crippen LogP contribution in [0.2, 0.25) is 0 Å². The van der Waals surface area contributed by atoms with Crippen LogP contribution in [0.5, 0.6) is 0 Å². The van der Waals surface area contributed by atoms with E-state index in [-0.39, 0.29) is 0 Å². The van der Waals surface area contributed by atoms with Crippen molar-refractivity contribution in [1.82, 2.24) is 0 Å². The molecule has 17 heavy (non-hydrogen) atoms. The zero-order valence-electron chi connectivity index (χ0n) is 10.5. The highest BCUT2D eigenvalue weighted by Gasteiger charge is 2.31. The van der Waals surface area contributed by atoms with Gasteiger partial charge >= 0.3 is 0 Å². The lowest BCUT2D eigenvalue weighted by Gasteiger charge is -2.14. The maximum Gasteiger partial charge on any atom is 0.152 e. The minimum Gasteiger partial charge on any atom is -0.375 e. The summed E-state index contributed by atoms with van der Waals surface area (Å²) in [7, 11) is 0. The smallest absolute Gasteiger partial charge is 0.152 e. The van der Waals surface area contributed by atoms with Crippen molar-refractivity contribution in [2.75, 3.05) is 0 Å². The standard InChI is InChI=1S/C9H11N.C6H10O/c10-8-4-7-9-5-2-1-3-6-9;1-2-6-4-3-5(1)7-6/h9H,1-3,5-6H2;5-6H,1-4H2. The normalized spacial score (nSPS) is 30.8. The zero-order valence-corrected chi connectivity index (χ0v) is 10.5. The number of nitriles is 1. The Morgan fingerprint density at radius 2 is 1.41 bits per heavy atom. The predicted molar refractivity (Wildman–Crippen MR) is 67.1 cm³/mol. The van der Waals surface area contributed by atoms with Crippen LogP contribution in [0.25, 0.3) is 0 Å². The molecule has 3 rings (SSSR count). The van der Waals surface area contributed by atoms with E-state index in [0.29, 0.717) is 18.1 Å². The zero-order chi connectivity index (χ0) is 11.9. The van der Waals surface area contributed by atoms with Gasteiger partial charge in [0, 0.05) is 11.8 Å². The summed E-state index contributed by atoms with van der Waals surface area (Å²) in [5.74, 6) is 5.96. The van der Waals surface area contributed by atoms with Crippen LogP contribution in [0.3, 0.4) is 0 Å². The molecule has 3 aliphatic rings. The van der Waals surface area contributed by atoms with E-state index < -0.39 is 0 Å². The van der Waals surface area contributed by atoms with E-state index in [9.17, 15) is 0 Å². The van der Waals surface area contributed by atoms with E-state index in [2.05, 4.69) is 11.8 Å². The third-order valence-electron chi connectivity index (χ3n) is 3.94. The average molecular weight is 231 g/mol. The van der Waals surface area contributed by atoms with Gasteiger partial charge in [0.05, 0.1) is 12.2 Å². The van der Waals surface area contributed by atoms with Crippen molar-refractivity contribution in [3.63, 3.8) is 0 Å². The predicted octanol–water partition coefficient (Wildman–Crippen LogP) is 3.42. The van der Waals surface area contributed by atoms with Crippen LogP contribution < -0.4 is 0 Å². The molecule has 2 nitrogen and oxygen atoms in total. The van der Waals surface area contributed by atoms with E-state index in [1.54, 1.807) is 0 Å². The van der Waals surface area contributed by atoms with Gasteiger partial charge in [0.15, 0.2) is 6.07 Å². The second-order valence-electron chi connectivity index (χ2n) is 5.25. The van der Waals surface area contributed by atoms with Crippen molar-refractivity contribution < 1.29 is 4.74 Å². The van der Waals surface area contributed by atoms with Crippen LogP contribution in [0.1, 0.15) is 57.8 Å². The second-order valence-corrected chi connectivity index (χ2v) is 5.25. The quantitative estimate of drug-likeness (QED) is 0.598. The van der Waals surface area contributed by atoms with Gasteiger partial charge in [-0.2, -0.15) is 5.26 Å². The number of fused-ring (bicyclic) bond motifs is 2. The lowest BCUT2D eigenvalue weighted by atomic mass is 9.90. The van der Waals surface area contributed by atoms with Crippen LogP contribution in [0.15, 0.2) is 0 Å². The fourth-order valence-electron chi connectivity index (χ4n) is 2.96. The van der Waals surface area contributed by atoms with Crippen molar-refractivity contribution in [3.8, 4) is 17.9 Å². The highest BCUT2D eigenvalue weighted by molar-refractivity contribution is 5.18. The maximum absolute atomic E-state index is 8.17. The lowest BCUT2D eigenvalue weighted by Crippen LogP contribution is -2.02. The van der Waals surface area contributed by atoms with Crippen molar-refractivity contribution in [2.24, 2.45) is 5.92 Å². The number of hydrogen-bond acceptors (Lipinski definition) is 2. The highest BCUT2D eigenvalue weighted by Crippen LogP contribution is 2.33. The fourth-order valence-corrected chi connectivity index (χ4v) is 2.96. The van der Waals surface area contributed by atoms with Gasteiger partial charge in [-0.3, -0.25) is 0 Å². The van der Waals surface area contributed by atoms with Gasteiger partial charge in [0.2, 0.25) is 0 Å². The van der Waals surface area contributed by atoms with Crippen molar-refractivity contribution >= 4 is 0 Å². The van der Waals surface area contributed by atoms with Crippen LogP contribution in [0, 0.1) is 29.1 Å². The Kier molecular flexibility index (Phi) is 4.89. The molecule has 0 atom stereocenters. The van der Waals surface area contributed by atoms with E-state index >= 15 is 0 Å². The summed E-state index contributed by atoms with van der Waals surface area (Å²) in [5.41, 5.74) is 0. The monoisotopic (exact) mass is 231 g/mol. The molecule has 0 N–H and O–H groups in total. The third-order valence-corrected chi connectivity index (χ3v) is 3.94. The first kappa shape index (κ1) is 12.5. The molecule has 0 spiro atoms. The van der Waals surface area contributed by atoms with E-state index in [1.165, 1.54) is 57.8 Å². The van der Waals surface area contributed by atoms with Gasteiger partial charge in [0.1, 0.15) is 0 Å². The molecular formula is C15H21NO. The number of nitrogens with zero attached hydrogens (tertiary/aromatic N) is 1. The van der Waals surface area contributed by atoms with E-state index in [4.69, 9.17) is 10.00 Å². The molecule has 2 heteroatoms. The van der Waals surface area contributed by atoms with Gasteiger partial charge in [-0.25, -0.2) is 0 Å². The Bertz CT molecular complexity index is 309. The molecular weight excluding hydrogens is 210 g/mol. The summed E-state index contributed by atoms with van der Waals surface area (Å²) in [4.78, 5) is 0. The summed E-state index contributed by atoms with van der Waals surface area (Å²) >= 11 is 0. The first-order chi connectivity index (χ1) is 8.38. The van der Waals surface area contributed by atoms with Crippen LogP contribution in [-0.4, -0.2) is 12.2 Å². The number of rotatable bonds is 0. The van der Waals surface area contributed by atoms with Gasteiger partial charge < -0.3 is 4.74 Å². The average Bonchev–Trinajstić information content (AvgIpc) is 3.03. The maximum atomic E-state index is 8.17. The molecule has 1 saturated carbocycles. The van der Waals surface area contributed by atoms with E-state index in [1.807, 2.05) is 6.07 Å². The van der Waals surface area contributed by atoms with Crippen molar-refractivity contribution in [3.05, 3.63) is 0 Å². The Hall–Kier alpha value is -0.990. The van der Waals surface area contributed by atoms with Crippen LogP contribution >= 0.6 is 0 Å². The van der Waals surface area contributed by atoms with E-state index in [0.717, 1.165) is 0 Å². The minimum absolute atomic E-state index is 0.522. The molecule has 2 bridgehead atoms. The van der Waals surface area contributed by atoms with Crippen molar-refractivity contribution in [2.45, 2.75) is 70.0 Å². The molecule has 0 radical (unpaired) electrons. The minimum atomic E-state index is 0.522. The van der Waals surface area contributed by atoms with Crippen LogP contribution in [0.4, 0.5) is 0 Å². The van der Waals surface area contributed by atoms with Gasteiger partial charge in [-0.05, 0) is 38.5 Å². The summed E-state index contributed by atoms with van der Waals surface area (Å²) in [6.45, 7) is 0. The lowest BCUT2D eigenvalue weighted by molar-refractivity contribution is 0.105. The highest BCUT2D eigenvalue weighted by atomic mass is 16.5. The first-order valence-corrected chi connectivity index (χ1v) is 6.93. The molecule has 2 aliphatic heterocycles. The van der Waals surface area contributed by atoms with Gasteiger partial charge in [-0.15, -0.1) is 0 Å². The molecule has 0 aromatic heterocycles. The Labute approximate surface area is 104 Å². The summed E-state index contributed by atoms with van der Waals surface area (Å²) < 4.78 is 5.47. The molecule has 0 aromatic carbocycles. The van der Waals surface area contributed by atoms with Gasteiger partial charge in [0.25, 0.3) is 0 Å². The second kappa shape index (κ2) is 6.67. The summed E-state index contributed by atoms with van der Waals surface area (Å²) in [6.07, 6.45) is 13.0. The molecule has 92 valence electrons.